The summed E-state index contributed by atoms with van der Waals surface area (Å²) in [6, 6.07) is 22.9. The lowest BCUT2D eigenvalue weighted by atomic mass is 10.1. The molecule has 0 bridgehead atoms. The van der Waals surface area contributed by atoms with E-state index in [-0.39, 0.29) is 24.0 Å². The topological polar surface area (TPSA) is 92.3 Å². The van der Waals surface area contributed by atoms with Crippen LogP contribution in [0.5, 0.6) is 0 Å². The summed E-state index contributed by atoms with van der Waals surface area (Å²) in [6.07, 6.45) is 2.09. The number of sulfone groups is 1. The summed E-state index contributed by atoms with van der Waals surface area (Å²) < 4.78 is 24.7. The largest absolute Gasteiger partial charge is 0.348 e. The third-order valence-corrected chi connectivity index (χ3v) is 7.43. The molecule has 0 spiro atoms. The number of carbonyl (C=O) groups is 2. The van der Waals surface area contributed by atoms with Gasteiger partial charge in [-0.05, 0) is 66.3 Å². The predicted octanol–water partition coefficient (Wildman–Crippen LogP) is 3.98. The maximum atomic E-state index is 12.4. The molecule has 0 aliphatic heterocycles. The van der Waals surface area contributed by atoms with Crippen molar-refractivity contribution >= 4 is 27.3 Å². The van der Waals surface area contributed by atoms with Crippen LogP contribution in [0.15, 0.2) is 83.8 Å². The molecular weight excluding hydrogens is 436 g/mol. The van der Waals surface area contributed by atoms with E-state index in [0.717, 1.165) is 24.0 Å². The number of rotatable bonds is 9. The number of hydrogen-bond acceptors (Lipinski definition) is 4. The van der Waals surface area contributed by atoms with Crippen molar-refractivity contribution in [2.75, 3.05) is 11.1 Å². The van der Waals surface area contributed by atoms with Crippen LogP contribution in [-0.2, 0) is 27.6 Å². The van der Waals surface area contributed by atoms with Crippen molar-refractivity contribution in [1.29, 1.82) is 0 Å². The molecule has 3 aromatic carbocycles. The molecule has 3 aromatic rings. The molecular formula is C26H26N2O4S. The van der Waals surface area contributed by atoms with Crippen LogP contribution in [0.3, 0.4) is 0 Å². The number of anilines is 1. The van der Waals surface area contributed by atoms with Crippen molar-refractivity contribution < 1.29 is 18.0 Å². The Kier molecular flexibility index (Phi) is 6.89. The summed E-state index contributed by atoms with van der Waals surface area (Å²) in [7, 11) is -3.26. The molecule has 1 saturated carbocycles. The monoisotopic (exact) mass is 462 g/mol. The molecule has 2 N–H and O–H groups in total. The summed E-state index contributed by atoms with van der Waals surface area (Å²) in [5, 5.41) is 5.67. The van der Waals surface area contributed by atoms with E-state index < -0.39 is 9.84 Å². The van der Waals surface area contributed by atoms with Gasteiger partial charge >= 0.3 is 0 Å². The second kappa shape index (κ2) is 10.0. The van der Waals surface area contributed by atoms with E-state index in [1.807, 2.05) is 30.3 Å². The Balaban J connectivity index is 1.28. The summed E-state index contributed by atoms with van der Waals surface area (Å²) in [4.78, 5) is 25.0. The van der Waals surface area contributed by atoms with Crippen LogP contribution < -0.4 is 10.6 Å². The van der Waals surface area contributed by atoms with Gasteiger partial charge in [-0.25, -0.2) is 8.42 Å². The quantitative estimate of drug-likeness (QED) is 0.503. The highest BCUT2D eigenvalue weighted by Crippen LogP contribution is 2.32. The Bertz CT molecular complexity index is 1220. The minimum Gasteiger partial charge on any atom is -0.348 e. The first-order valence-electron chi connectivity index (χ1n) is 10.9. The van der Waals surface area contributed by atoms with Gasteiger partial charge in [0.2, 0.25) is 5.91 Å². The molecule has 170 valence electrons. The zero-order valence-electron chi connectivity index (χ0n) is 18.2. The lowest BCUT2D eigenvalue weighted by molar-refractivity contribution is -0.115. The maximum absolute atomic E-state index is 12.4. The van der Waals surface area contributed by atoms with E-state index in [2.05, 4.69) is 10.6 Å². The van der Waals surface area contributed by atoms with E-state index >= 15 is 0 Å². The first-order chi connectivity index (χ1) is 15.9. The minimum absolute atomic E-state index is 0.127. The Morgan fingerprint density at radius 2 is 1.48 bits per heavy atom. The Labute approximate surface area is 194 Å². The Hall–Kier alpha value is -3.45. The first kappa shape index (κ1) is 22.7. The van der Waals surface area contributed by atoms with E-state index in [1.165, 1.54) is 0 Å². The number of nitrogens with one attached hydrogen (secondary N) is 2. The highest BCUT2D eigenvalue weighted by Gasteiger charge is 2.28. The first-order valence-corrected chi connectivity index (χ1v) is 12.6. The smallest absolute Gasteiger partial charge is 0.251 e. The van der Waals surface area contributed by atoms with Crippen molar-refractivity contribution in [2.24, 2.45) is 5.92 Å². The summed E-state index contributed by atoms with van der Waals surface area (Å²) >= 11 is 0. The molecule has 0 saturated heterocycles. The van der Waals surface area contributed by atoms with Crippen LogP contribution in [0.2, 0.25) is 0 Å². The molecule has 6 nitrogen and oxygen atoms in total. The second-order valence-electron chi connectivity index (χ2n) is 8.34. The summed E-state index contributed by atoms with van der Waals surface area (Å²) in [6.45, 7) is 0.443. The lowest BCUT2D eigenvalue weighted by Gasteiger charge is -2.09. The van der Waals surface area contributed by atoms with Gasteiger partial charge in [0.05, 0.1) is 17.1 Å². The molecule has 0 unspecified atom stereocenters. The van der Waals surface area contributed by atoms with Gasteiger partial charge in [-0.2, -0.15) is 0 Å². The number of amides is 2. The lowest BCUT2D eigenvalue weighted by Crippen LogP contribution is -2.22. The van der Waals surface area contributed by atoms with E-state index in [4.69, 9.17) is 0 Å². The molecule has 1 fully saturated rings. The van der Waals surface area contributed by atoms with Gasteiger partial charge in [-0.1, -0.05) is 42.5 Å². The van der Waals surface area contributed by atoms with Gasteiger partial charge in [0, 0.05) is 17.8 Å². The van der Waals surface area contributed by atoms with Gasteiger partial charge in [-0.3, -0.25) is 9.59 Å². The zero-order chi connectivity index (χ0) is 23.3. The molecule has 0 aromatic heterocycles. The number of hydrogen-bond donors (Lipinski definition) is 2. The van der Waals surface area contributed by atoms with Crippen molar-refractivity contribution in [3.63, 3.8) is 0 Å². The average molecular weight is 463 g/mol. The van der Waals surface area contributed by atoms with Gasteiger partial charge in [0.25, 0.3) is 5.91 Å². The van der Waals surface area contributed by atoms with Crippen LogP contribution >= 0.6 is 0 Å². The second-order valence-corrected chi connectivity index (χ2v) is 10.4. The van der Waals surface area contributed by atoms with Crippen LogP contribution in [0.4, 0.5) is 5.69 Å². The Morgan fingerprint density at radius 1 is 0.818 bits per heavy atom. The van der Waals surface area contributed by atoms with E-state index in [1.54, 1.807) is 48.5 Å². The Morgan fingerprint density at radius 3 is 2.12 bits per heavy atom. The highest BCUT2D eigenvalue weighted by molar-refractivity contribution is 7.91. The van der Waals surface area contributed by atoms with Crippen LogP contribution in [-0.4, -0.2) is 26.0 Å². The van der Waals surface area contributed by atoms with Gasteiger partial charge < -0.3 is 10.6 Å². The van der Waals surface area contributed by atoms with Crippen molar-refractivity contribution in [1.82, 2.24) is 5.32 Å². The number of benzene rings is 3. The van der Waals surface area contributed by atoms with E-state index in [0.29, 0.717) is 28.6 Å². The highest BCUT2D eigenvalue weighted by atomic mass is 32.2. The molecule has 0 radical (unpaired) electrons. The van der Waals surface area contributed by atoms with Crippen molar-refractivity contribution in [3.8, 4) is 0 Å². The maximum Gasteiger partial charge on any atom is 0.251 e. The SMILES string of the molecule is O=C(Cc1ccc(S(=O)(=O)CC2CC2)cc1)Nc1ccc(C(=O)NCc2ccccc2)cc1. The predicted molar refractivity (Wildman–Crippen MR) is 128 cm³/mol. The van der Waals surface area contributed by atoms with Crippen LogP contribution in [0, 0.1) is 5.92 Å². The van der Waals surface area contributed by atoms with Crippen molar-refractivity contribution in [3.05, 3.63) is 95.6 Å². The third kappa shape index (κ3) is 6.52. The fraction of sp³-hybridized carbons (Fsp3) is 0.231. The zero-order valence-corrected chi connectivity index (χ0v) is 19.0. The molecule has 7 heteroatoms. The van der Waals surface area contributed by atoms with Crippen LogP contribution in [0.1, 0.15) is 34.3 Å². The minimum atomic E-state index is -3.26. The van der Waals surface area contributed by atoms with Crippen molar-refractivity contribution in [2.45, 2.75) is 30.7 Å². The summed E-state index contributed by atoms with van der Waals surface area (Å²) in [5.41, 5.74) is 2.84. The number of carbonyl (C=O) groups excluding carboxylic acids is 2. The molecule has 1 aliphatic rings. The normalized spacial score (nSPS) is 13.3. The summed E-state index contributed by atoms with van der Waals surface area (Å²) in [5.74, 6) is 0.0905. The third-order valence-electron chi connectivity index (χ3n) is 5.53. The van der Waals surface area contributed by atoms with E-state index in [9.17, 15) is 18.0 Å². The van der Waals surface area contributed by atoms with Gasteiger partial charge in [-0.15, -0.1) is 0 Å². The molecule has 0 heterocycles. The van der Waals surface area contributed by atoms with Crippen LogP contribution in [0.25, 0.3) is 0 Å². The molecule has 4 rings (SSSR count). The molecule has 33 heavy (non-hydrogen) atoms. The fourth-order valence-electron chi connectivity index (χ4n) is 3.48. The average Bonchev–Trinajstić information content (AvgIpc) is 3.62. The molecule has 0 atom stereocenters. The molecule has 1 aliphatic carbocycles. The fourth-order valence-corrected chi connectivity index (χ4v) is 5.18. The standard InChI is InChI=1S/C26H26N2O4S/c29-25(16-19-8-14-24(15-9-19)33(31,32)18-21-6-7-21)28-23-12-10-22(11-13-23)26(30)27-17-20-4-2-1-3-5-20/h1-5,8-15,21H,6-7,16-18H2,(H,27,30)(H,28,29). The molecule has 2 amide bonds. The van der Waals surface area contributed by atoms with Gasteiger partial charge in [0.1, 0.15) is 0 Å². The van der Waals surface area contributed by atoms with Gasteiger partial charge in [0.15, 0.2) is 9.84 Å².